The average Bonchev–Trinajstić information content (AvgIpc) is 1.61. The largest absolute Gasteiger partial charge is 0.508 e. The number of alkyl halides is 3. The van der Waals surface area contributed by atoms with E-state index in [9.17, 15) is 71.3 Å². The van der Waals surface area contributed by atoms with E-state index in [0.717, 1.165) is 14.7 Å². The molecule has 138 heavy (non-hydrogen) atoms. The van der Waals surface area contributed by atoms with E-state index < -0.39 is 261 Å². The Labute approximate surface area is 798 Å². The minimum absolute atomic E-state index is 0.00262. The van der Waals surface area contributed by atoms with Crippen LogP contribution in [0.3, 0.4) is 0 Å². The number of carboxylic acids is 1. The quantitative estimate of drug-likeness (QED) is 0.0307. The summed E-state index contributed by atoms with van der Waals surface area (Å²) in [6, 6.07) is -1.79. The number of phenolic OH excluding ortho intramolecular Hbond substituents is 1. The number of unbranched alkanes of at least 4 members (excludes halogenated alkanes) is 2. The second-order valence-corrected chi connectivity index (χ2v) is 36.2. The SMILES string of the molecule is CCCC[C@H]1C(=O)N(C)[C@@H](CCCC)C(=O)N[C@@H](CC(C)C)C(=O)N[C@H](C(=O)NCC(N)=O)CSCC(=O)N[C@@H](Cc2ccc(O)cc2)C(=O)N(CCC(F)(F)F)CC(=O)N[C@@H](CC(N)=O)C(=O)N2CCC[C@H]2C(=O)N[C@@H](Cc2cnc[nH]2)C(=O)N[C@@H](CCC(=O)O)C(=O)N2CCC[C@H]2C(=O)N[C@@H](Cc2c[nH]c3ccccc23)C(=O)N[C@@H](CCN)C(=O)N[C@@H](Cc2c[nH]c3ccccc23)C(=O)N1C. The summed E-state index contributed by atoms with van der Waals surface area (Å²) in [6.45, 7) is 3.10. The van der Waals surface area contributed by atoms with Crippen molar-refractivity contribution in [1.29, 1.82) is 0 Å². The first-order chi connectivity index (χ1) is 65.6. The topological polar surface area (TPSA) is 623 Å². The van der Waals surface area contributed by atoms with Gasteiger partial charge in [-0.05, 0) is 111 Å². The van der Waals surface area contributed by atoms with Crippen LogP contribution < -0.4 is 70.4 Å². The van der Waals surface area contributed by atoms with E-state index in [2.05, 4.69) is 73.1 Å². The number of rotatable bonds is 28. The monoisotopic (exact) mass is 1950 g/mol. The molecule has 0 spiro atoms. The summed E-state index contributed by atoms with van der Waals surface area (Å²) in [4.78, 5) is 281. The number of nitrogens with two attached hydrogens (primary N) is 3. The molecule has 0 aliphatic carbocycles. The Morgan fingerprint density at radius 2 is 1.07 bits per heavy atom. The van der Waals surface area contributed by atoms with Crippen LogP contribution in [-0.4, -0.2) is 311 Å². The van der Waals surface area contributed by atoms with Gasteiger partial charge in [-0.25, -0.2) is 4.98 Å². The van der Waals surface area contributed by atoms with E-state index in [0.29, 0.717) is 75.3 Å². The first kappa shape index (κ1) is 108. The maximum atomic E-state index is 15.8. The number of aliphatic carboxylic acids is 1. The zero-order chi connectivity index (χ0) is 101. The molecule has 0 unspecified atom stereocenters. The van der Waals surface area contributed by atoms with Crippen LogP contribution in [0.1, 0.15) is 153 Å². The normalized spacial score (nSPS) is 23.6. The molecule has 3 aromatic carbocycles. The van der Waals surface area contributed by atoms with Crippen LogP contribution >= 0.6 is 11.8 Å². The zero-order valence-corrected chi connectivity index (χ0v) is 78.6. The molecule has 3 aromatic heterocycles. The van der Waals surface area contributed by atoms with Crippen LogP contribution in [0.25, 0.3) is 21.8 Å². The summed E-state index contributed by atoms with van der Waals surface area (Å²) in [5.74, 6) is -20.8. The molecule has 750 valence electrons. The molecule has 17 amide bonds. The number of para-hydroxylation sites is 2. The van der Waals surface area contributed by atoms with Crippen molar-refractivity contribution in [1.82, 2.24) is 97.6 Å². The smallest absolute Gasteiger partial charge is 0.390 e. The van der Waals surface area contributed by atoms with Gasteiger partial charge in [-0.3, -0.25) is 86.3 Å². The number of aromatic nitrogens is 4. The molecule has 9 rings (SSSR count). The summed E-state index contributed by atoms with van der Waals surface area (Å²) < 4.78 is 43.2. The predicted molar refractivity (Wildman–Crippen MR) is 498 cm³/mol. The van der Waals surface area contributed by atoms with Crippen LogP contribution in [0.2, 0.25) is 0 Å². The van der Waals surface area contributed by atoms with Crippen LogP contribution in [0.4, 0.5) is 13.2 Å². The number of nitrogens with one attached hydrogen (secondary N) is 13. The minimum atomic E-state index is -5.02. The van der Waals surface area contributed by atoms with Crippen LogP contribution in [0.5, 0.6) is 5.75 Å². The third-order valence-electron chi connectivity index (χ3n) is 24.3. The van der Waals surface area contributed by atoms with Gasteiger partial charge in [-0.2, -0.15) is 13.2 Å². The van der Waals surface area contributed by atoms with E-state index in [-0.39, 0.29) is 107 Å². The predicted octanol–water partition coefficient (Wildman–Crippen LogP) is -0.00750. The third kappa shape index (κ3) is 31.2. The van der Waals surface area contributed by atoms with Crippen molar-refractivity contribution >= 4 is 140 Å². The number of aromatic hydroxyl groups is 1. The number of benzene rings is 3. The molecule has 0 bridgehead atoms. The summed E-state index contributed by atoms with van der Waals surface area (Å²) in [6.07, 6.45) is -3.57. The summed E-state index contributed by atoms with van der Waals surface area (Å²) in [7, 11) is 2.72. The number of nitrogens with zero attached hydrogens (tertiary/aromatic N) is 6. The second-order valence-electron chi connectivity index (χ2n) is 35.2. The number of aromatic amines is 3. The van der Waals surface area contributed by atoms with Gasteiger partial charge in [0.05, 0.1) is 38.0 Å². The number of likely N-dealkylation sites (N-methyl/N-ethyl adjacent to an activating group) is 2. The number of phenols is 1. The van der Waals surface area contributed by atoms with Gasteiger partial charge in [0.15, 0.2) is 0 Å². The summed E-state index contributed by atoms with van der Waals surface area (Å²) >= 11 is 0.658. The minimum Gasteiger partial charge on any atom is -0.508 e. The van der Waals surface area contributed by atoms with Gasteiger partial charge in [-0.1, -0.05) is 102 Å². The van der Waals surface area contributed by atoms with Crippen LogP contribution in [-0.2, 0) is 112 Å². The van der Waals surface area contributed by atoms with E-state index in [1.807, 2.05) is 13.8 Å². The number of imidazole rings is 1. The van der Waals surface area contributed by atoms with Crippen LogP contribution in [0.15, 0.2) is 97.7 Å². The number of carbonyl (C=O) groups is 18. The number of hydrogen-bond acceptors (Lipinski definition) is 22. The Morgan fingerprint density at radius 3 is 1.62 bits per heavy atom. The highest BCUT2D eigenvalue weighted by atomic mass is 32.2. The standard InChI is InChI=1S/C92H125F3N22O20S/c1-7-9-21-70-84(130)108-63(37-51(3)4)81(127)112-69(79(125)102-46-75(98)120)48-138-49-77(122)105-66(38-52-25-27-56(118)28-26-52)88(134)115(36-32-92(93,94)95)47-76(121)104-68(42-74(97)119)90(136)117-35-16-24-72(117)86(132)110-65(41-55-45-99-50-103-55)83(129)107-62(29-30-78(123)124)89(135)116-34-15-23-71(116)85(131)109-64(39-53-43-100-59-19-13-11-17-57(53)59)82(128)106-61(31-33-96)80(126)111-67(40-54-44-101-60-20-14-12-18-58(54)60)87(133)114(6)73(22-10-8-2)91(137)113(70)5/h11-14,17-20,25-28,43-45,50-51,61-73,100-101,118H,7-10,15-16,21-24,29-42,46-49,96H2,1-6H3,(H2,97,119)(H2,98,120)(H,99,103)(H,102,125)(H,104,121)(H,105,122)(H,106,128)(H,107,129)(H,108,130)(H,109,131)(H,110,132)(H,111,126)(H,112,127)(H,123,124)/t61-,62-,63-,64-,65-,66-,67-,68-,69-,70-,71-,72-,73-/m0/s1. The Balaban J connectivity index is 1.11. The molecule has 3 aliphatic heterocycles. The second kappa shape index (κ2) is 51.5. The maximum Gasteiger partial charge on any atom is 0.390 e. The number of hydrogen-bond donors (Lipinski definition) is 18. The average molecular weight is 1950 g/mol. The molecule has 3 aliphatic rings. The fraction of sp³-hybridized carbons (Fsp3) is 0.533. The number of carbonyl (C=O) groups excluding carboxylic acids is 17. The van der Waals surface area contributed by atoms with E-state index in [1.165, 1.54) is 55.8 Å². The van der Waals surface area contributed by atoms with Crippen molar-refractivity contribution in [3.63, 3.8) is 0 Å². The van der Waals surface area contributed by atoms with Crippen molar-refractivity contribution in [3.05, 3.63) is 120 Å². The van der Waals surface area contributed by atoms with Crippen LogP contribution in [0, 0.1) is 5.92 Å². The van der Waals surface area contributed by atoms with Gasteiger partial charge in [0.1, 0.15) is 84.3 Å². The molecule has 3 saturated heterocycles. The highest BCUT2D eigenvalue weighted by Gasteiger charge is 2.46. The zero-order valence-electron chi connectivity index (χ0n) is 77.8. The third-order valence-corrected chi connectivity index (χ3v) is 25.3. The van der Waals surface area contributed by atoms with Gasteiger partial charge in [0.25, 0.3) is 0 Å². The molecule has 0 saturated carbocycles. The van der Waals surface area contributed by atoms with Gasteiger partial charge in [0.2, 0.25) is 100 Å². The lowest BCUT2D eigenvalue weighted by atomic mass is 9.99. The molecule has 13 atom stereocenters. The molecule has 6 heterocycles. The van der Waals surface area contributed by atoms with Crippen molar-refractivity contribution in [3.8, 4) is 5.75 Å². The van der Waals surface area contributed by atoms with Crippen molar-refractivity contribution in [2.45, 2.75) is 241 Å². The highest BCUT2D eigenvalue weighted by molar-refractivity contribution is 8.00. The molecule has 0 radical (unpaired) electrons. The molecule has 6 aromatic rings. The number of amides is 17. The number of thioether (sulfide) groups is 1. The lowest BCUT2D eigenvalue weighted by Crippen LogP contribution is -2.61. The Hall–Kier alpha value is -13.7. The van der Waals surface area contributed by atoms with E-state index >= 15 is 38.4 Å². The molecule has 42 nitrogen and oxygen atoms in total. The number of primary amides is 2. The van der Waals surface area contributed by atoms with E-state index in [1.54, 1.807) is 74.8 Å². The lowest BCUT2D eigenvalue weighted by molar-refractivity contribution is -0.150. The van der Waals surface area contributed by atoms with E-state index in [4.69, 9.17) is 17.2 Å². The fourth-order valence-corrected chi connectivity index (χ4v) is 17.9. The molecular weight excluding hydrogens is 1820 g/mol. The first-order valence-corrected chi connectivity index (χ1v) is 47.2. The highest BCUT2D eigenvalue weighted by Crippen LogP contribution is 2.29. The van der Waals surface area contributed by atoms with Crippen molar-refractivity contribution < 1.29 is 110 Å². The number of fused-ring (bicyclic) bond motifs is 4. The number of halogens is 3. The fourth-order valence-electron chi connectivity index (χ4n) is 17.0. The van der Waals surface area contributed by atoms with Gasteiger partial charge < -0.3 is 120 Å². The van der Waals surface area contributed by atoms with Gasteiger partial charge in [-0.15, -0.1) is 11.8 Å². The number of carboxylic acid groups (broad SMARTS) is 1. The molecular formula is C92H125F3N22O20S. The first-order valence-electron chi connectivity index (χ1n) is 46.1. The van der Waals surface area contributed by atoms with Crippen molar-refractivity contribution in [2.24, 2.45) is 23.1 Å². The Kier molecular flexibility index (Phi) is 40.3. The number of H-pyrrole nitrogens is 3. The van der Waals surface area contributed by atoms with Crippen molar-refractivity contribution in [2.75, 3.05) is 64.9 Å². The maximum absolute atomic E-state index is 15.8. The molecule has 3 fully saturated rings. The Bertz CT molecular complexity index is 5310. The summed E-state index contributed by atoms with van der Waals surface area (Å²) in [5.41, 5.74) is 20.1. The van der Waals surface area contributed by atoms with Gasteiger partial charge >= 0.3 is 12.1 Å². The molecule has 46 heteroatoms. The Morgan fingerprint density at radius 1 is 0.551 bits per heavy atom. The lowest BCUT2D eigenvalue weighted by Gasteiger charge is -2.36. The molecule has 21 N–H and O–H groups in total. The summed E-state index contributed by atoms with van der Waals surface area (Å²) in [5, 5.41) is 47.6. The van der Waals surface area contributed by atoms with Gasteiger partial charge in [0, 0.05) is 118 Å².